The highest BCUT2D eigenvalue weighted by Crippen LogP contribution is 2.21. The lowest BCUT2D eigenvalue weighted by molar-refractivity contribution is -0.116. The maximum Gasteiger partial charge on any atom is 0.338 e. The molecule has 0 saturated carbocycles. The van der Waals surface area contributed by atoms with Crippen LogP contribution in [0, 0.1) is 0 Å². The van der Waals surface area contributed by atoms with Gasteiger partial charge >= 0.3 is 5.97 Å². The monoisotopic (exact) mass is 367 g/mol. The van der Waals surface area contributed by atoms with Crippen molar-refractivity contribution in [3.05, 3.63) is 66.7 Å². The van der Waals surface area contributed by atoms with Crippen LogP contribution in [0.2, 0.25) is 0 Å². The number of hydrogen-bond donors (Lipinski definition) is 1. The molecule has 0 aromatic heterocycles. The molecule has 0 aliphatic heterocycles. The molecular formula is C20H21N3O4. The Morgan fingerprint density at radius 1 is 1.04 bits per heavy atom. The van der Waals surface area contributed by atoms with Crippen LogP contribution in [0.5, 0.6) is 5.75 Å². The third kappa shape index (κ3) is 6.74. The molecule has 0 heterocycles. The van der Waals surface area contributed by atoms with E-state index in [9.17, 15) is 9.59 Å². The number of ether oxygens (including phenoxy) is 2. The fourth-order valence-electron chi connectivity index (χ4n) is 2.02. The number of carbonyl (C=O) groups excluding carboxylic acids is 2. The molecule has 7 heteroatoms. The third-order valence-electron chi connectivity index (χ3n) is 3.35. The van der Waals surface area contributed by atoms with Gasteiger partial charge in [0.2, 0.25) is 5.91 Å². The predicted octanol–water partition coefficient (Wildman–Crippen LogP) is 3.96. The number of nitrogens with zero attached hydrogens (tertiary/aromatic N) is 2. The maximum atomic E-state index is 11.6. The first-order valence-corrected chi connectivity index (χ1v) is 8.44. The summed E-state index contributed by atoms with van der Waals surface area (Å²) in [5.41, 5.74) is 1.76. The van der Waals surface area contributed by atoms with Crippen molar-refractivity contribution >= 4 is 23.3 Å². The van der Waals surface area contributed by atoms with Crippen molar-refractivity contribution in [2.24, 2.45) is 10.2 Å². The molecule has 1 amide bonds. The first kappa shape index (κ1) is 19.8. The average Bonchev–Trinajstić information content (AvgIpc) is 2.71. The molecule has 0 saturated heterocycles. The summed E-state index contributed by atoms with van der Waals surface area (Å²) in [5, 5.41) is 10.9. The van der Waals surface area contributed by atoms with Gasteiger partial charge in [-0.05, 0) is 61.5 Å². The minimum absolute atomic E-state index is 0.232. The highest BCUT2D eigenvalue weighted by Gasteiger charge is 2.05. The van der Waals surface area contributed by atoms with Crippen LogP contribution < -0.4 is 10.1 Å². The van der Waals surface area contributed by atoms with Crippen molar-refractivity contribution in [1.82, 2.24) is 5.32 Å². The molecule has 1 N–H and O–H groups in total. The van der Waals surface area contributed by atoms with Crippen LogP contribution in [0.15, 0.2) is 71.4 Å². The van der Waals surface area contributed by atoms with E-state index >= 15 is 0 Å². The molecular weight excluding hydrogens is 346 g/mol. The van der Waals surface area contributed by atoms with Gasteiger partial charge in [0.05, 0.1) is 30.1 Å². The lowest BCUT2D eigenvalue weighted by atomic mass is 10.2. The fourth-order valence-corrected chi connectivity index (χ4v) is 2.02. The second-order valence-electron chi connectivity index (χ2n) is 5.30. The van der Waals surface area contributed by atoms with Crippen LogP contribution >= 0.6 is 0 Å². The summed E-state index contributed by atoms with van der Waals surface area (Å²) in [4.78, 5) is 22.6. The molecule has 0 spiro atoms. The number of hydrogen-bond acceptors (Lipinski definition) is 6. The van der Waals surface area contributed by atoms with E-state index < -0.39 is 0 Å². The van der Waals surface area contributed by atoms with Crippen LogP contribution in [-0.2, 0) is 9.53 Å². The van der Waals surface area contributed by atoms with Gasteiger partial charge in [-0.15, -0.1) is 0 Å². The molecule has 0 fully saturated rings. The van der Waals surface area contributed by atoms with Crippen molar-refractivity contribution in [3.8, 4) is 5.75 Å². The van der Waals surface area contributed by atoms with Gasteiger partial charge in [0.15, 0.2) is 0 Å². The van der Waals surface area contributed by atoms with Gasteiger partial charge in [0.1, 0.15) is 12.4 Å². The Morgan fingerprint density at radius 2 is 1.63 bits per heavy atom. The third-order valence-corrected chi connectivity index (χ3v) is 3.35. The highest BCUT2D eigenvalue weighted by atomic mass is 16.5. The largest absolute Gasteiger partial charge is 0.492 e. The Bertz CT molecular complexity index is 799. The van der Waals surface area contributed by atoms with Crippen molar-refractivity contribution in [2.75, 3.05) is 19.8 Å². The van der Waals surface area contributed by atoms with Gasteiger partial charge in [-0.1, -0.05) is 6.58 Å². The molecule has 2 aromatic rings. The van der Waals surface area contributed by atoms with E-state index in [1.807, 2.05) is 0 Å². The second-order valence-corrected chi connectivity index (χ2v) is 5.30. The van der Waals surface area contributed by atoms with Gasteiger partial charge in [0, 0.05) is 0 Å². The van der Waals surface area contributed by atoms with Crippen LogP contribution in [0.4, 0.5) is 11.4 Å². The topological polar surface area (TPSA) is 89.4 Å². The first-order chi connectivity index (χ1) is 13.1. The van der Waals surface area contributed by atoms with E-state index in [4.69, 9.17) is 9.47 Å². The molecule has 2 aromatic carbocycles. The molecule has 0 atom stereocenters. The summed E-state index contributed by atoms with van der Waals surface area (Å²) in [6.45, 7) is 6.22. The molecule has 140 valence electrons. The Hall–Kier alpha value is -3.48. The van der Waals surface area contributed by atoms with Crippen LogP contribution in [-0.4, -0.2) is 31.6 Å². The Labute approximate surface area is 157 Å². The smallest absolute Gasteiger partial charge is 0.338 e. The van der Waals surface area contributed by atoms with Crippen LogP contribution in [0.3, 0.4) is 0 Å². The minimum Gasteiger partial charge on any atom is -0.492 e. The number of amides is 1. The van der Waals surface area contributed by atoms with E-state index in [1.54, 1.807) is 55.5 Å². The van der Waals surface area contributed by atoms with Crippen LogP contribution in [0.25, 0.3) is 0 Å². The number of benzene rings is 2. The normalized spacial score (nSPS) is 10.4. The van der Waals surface area contributed by atoms with E-state index in [0.717, 1.165) is 0 Å². The van der Waals surface area contributed by atoms with E-state index in [-0.39, 0.29) is 11.9 Å². The van der Waals surface area contributed by atoms with Gasteiger partial charge in [-0.2, -0.15) is 10.2 Å². The number of carbonyl (C=O) groups is 2. The molecule has 2 rings (SSSR count). The van der Waals surface area contributed by atoms with Gasteiger partial charge in [-0.25, -0.2) is 4.79 Å². The van der Waals surface area contributed by atoms with Gasteiger partial charge in [-0.3, -0.25) is 4.79 Å². The average molecular weight is 367 g/mol. The standard InChI is InChI=1S/C20H21N3O4/c1-3-19(24)21-13-14-27-18-11-9-17(10-12-18)23-22-16-7-5-15(6-8-16)20(25)26-4-2/h3,5-12H,1,4,13-14H2,2H3,(H,21,24). The molecule has 0 bridgehead atoms. The molecule has 0 aliphatic rings. The molecule has 0 unspecified atom stereocenters. The summed E-state index contributed by atoms with van der Waals surface area (Å²) < 4.78 is 10.4. The van der Waals surface area contributed by atoms with Crippen molar-refractivity contribution in [2.45, 2.75) is 6.92 Å². The molecule has 27 heavy (non-hydrogen) atoms. The summed E-state index contributed by atoms with van der Waals surface area (Å²) >= 11 is 0. The van der Waals surface area contributed by atoms with Gasteiger partial charge < -0.3 is 14.8 Å². The van der Waals surface area contributed by atoms with Crippen molar-refractivity contribution in [1.29, 1.82) is 0 Å². The Balaban J connectivity index is 1.85. The van der Waals surface area contributed by atoms with E-state index in [1.165, 1.54) is 6.08 Å². The number of nitrogens with one attached hydrogen (secondary N) is 1. The zero-order chi connectivity index (χ0) is 19.5. The summed E-state index contributed by atoms with van der Waals surface area (Å²) in [6.07, 6.45) is 1.21. The summed E-state index contributed by atoms with van der Waals surface area (Å²) in [6, 6.07) is 13.8. The zero-order valence-corrected chi connectivity index (χ0v) is 15.1. The lowest BCUT2D eigenvalue weighted by Gasteiger charge is -2.06. The van der Waals surface area contributed by atoms with E-state index in [2.05, 4.69) is 22.1 Å². The molecule has 0 radical (unpaired) electrons. The Morgan fingerprint density at radius 3 is 2.19 bits per heavy atom. The summed E-state index contributed by atoms with van der Waals surface area (Å²) in [7, 11) is 0. The maximum absolute atomic E-state index is 11.6. The second kappa shape index (κ2) is 10.5. The number of esters is 1. The van der Waals surface area contributed by atoms with Crippen molar-refractivity contribution < 1.29 is 19.1 Å². The highest BCUT2D eigenvalue weighted by molar-refractivity contribution is 5.89. The van der Waals surface area contributed by atoms with Crippen molar-refractivity contribution in [3.63, 3.8) is 0 Å². The molecule has 7 nitrogen and oxygen atoms in total. The fraction of sp³-hybridized carbons (Fsp3) is 0.200. The van der Waals surface area contributed by atoms with Crippen LogP contribution in [0.1, 0.15) is 17.3 Å². The summed E-state index contributed by atoms with van der Waals surface area (Å²) in [5.74, 6) is 0.0749. The zero-order valence-electron chi connectivity index (χ0n) is 15.1. The Kier molecular flexibility index (Phi) is 7.71. The predicted molar refractivity (Wildman–Crippen MR) is 102 cm³/mol. The quantitative estimate of drug-likeness (QED) is 0.314. The molecule has 0 aliphatic carbocycles. The first-order valence-electron chi connectivity index (χ1n) is 8.44. The van der Waals surface area contributed by atoms with Gasteiger partial charge in [0.25, 0.3) is 0 Å². The number of azo groups is 1. The number of rotatable bonds is 9. The lowest BCUT2D eigenvalue weighted by Crippen LogP contribution is -2.26. The SMILES string of the molecule is C=CC(=O)NCCOc1ccc(N=Nc2ccc(C(=O)OCC)cc2)cc1. The van der Waals surface area contributed by atoms with E-state index in [0.29, 0.717) is 42.4 Å². The minimum atomic E-state index is -0.361.